The van der Waals surface area contributed by atoms with Crippen molar-refractivity contribution in [2.24, 2.45) is 0 Å². The Kier molecular flexibility index (Phi) is 6.87. The van der Waals surface area contributed by atoms with E-state index in [9.17, 15) is 13.6 Å². The molecule has 0 heterocycles. The van der Waals surface area contributed by atoms with Crippen LogP contribution in [0.15, 0.2) is 18.2 Å². The van der Waals surface area contributed by atoms with E-state index in [1.165, 1.54) is 17.8 Å². The lowest BCUT2D eigenvalue weighted by atomic mass is 10.3. The molecule has 0 aromatic heterocycles. The van der Waals surface area contributed by atoms with Crippen molar-refractivity contribution in [3.63, 3.8) is 0 Å². The number of hydrogen-bond donors (Lipinski definition) is 1. The number of rotatable bonds is 5. The first-order valence-corrected chi connectivity index (χ1v) is 7.53. The number of hydrogen-bond acceptors (Lipinski definition) is 3. The topological polar surface area (TPSA) is 32.3 Å². The van der Waals surface area contributed by atoms with Crippen molar-refractivity contribution < 1.29 is 13.6 Å². The van der Waals surface area contributed by atoms with Crippen LogP contribution in [0.2, 0.25) is 0 Å². The number of benzene rings is 1. The number of amides is 1. The highest BCUT2D eigenvalue weighted by atomic mass is 32.2. The molecule has 0 saturated heterocycles. The molecular formula is C13H16F2N2OS2. The van der Waals surface area contributed by atoms with Gasteiger partial charge in [-0.1, -0.05) is 24.0 Å². The summed E-state index contributed by atoms with van der Waals surface area (Å²) < 4.78 is 26.7. The average molecular weight is 318 g/mol. The van der Waals surface area contributed by atoms with Crippen molar-refractivity contribution >= 4 is 39.9 Å². The second-order valence-corrected chi connectivity index (χ2v) is 5.51. The Morgan fingerprint density at radius 3 is 2.55 bits per heavy atom. The molecule has 1 aromatic carbocycles. The first-order valence-electron chi connectivity index (χ1n) is 6.14. The number of thioether (sulfide) groups is 1. The van der Waals surface area contributed by atoms with Gasteiger partial charge in [0.05, 0.1) is 11.4 Å². The minimum atomic E-state index is -0.797. The molecule has 7 heteroatoms. The maximum atomic E-state index is 13.4. The van der Waals surface area contributed by atoms with E-state index in [1.807, 2.05) is 18.7 Å². The molecule has 0 aliphatic rings. The zero-order valence-corrected chi connectivity index (χ0v) is 12.9. The summed E-state index contributed by atoms with van der Waals surface area (Å²) in [6, 6.07) is 3.01. The van der Waals surface area contributed by atoms with Crippen LogP contribution >= 0.6 is 24.0 Å². The molecule has 1 aromatic rings. The van der Waals surface area contributed by atoms with Gasteiger partial charge in [-0.2, -0.15) is 0 Å². The Labute approximate surface area is 126 Å². The van der Waals surface area contributed by atoms with Crippen LogP contribution in [-0.4, -0.2) is 34.0 Å². The molecule has 0 atom stereocenters. The SMILES string of the molecule is CCN(CC)C(=S)SCC(=O)Nc1ccc(F)cc1F. The van der Waals surface area contributed by atoms with Gasteiger partial charge < -0.3 is 10.2 Å². The summed E-state index contributed by atoms with van der Waals surface area (Å²) >= 11 is 6.40. The number of thiocarbonyl (C=S) groups is 1. The highest BCUT2D eigenvalue weighted by molar-refractivity contribution is 8.23. The second-order valence-electron chi connectivity index (χ2n) is 3.90. The lowest BCUT2D eigenvalue weighted by molar-refractivity contribution is -0.113. The molecule has 0 aliphatic carbocycles. The van der Waals surface area contributed by atoms with Crippen LogP contribution in [0, 0.1) is 11.6 Å². The number of nitrogens with zero attached hydrogens (tertiary/aromatic N) is 1. The van der Waals surface area contributed by atoms with Crippen molar-refractivity contribution in [1.82, 2.24) is 4.90 Å². The standard InChI is InChI=1S/C13H16F2N2OS2/c1-3-17(4-2)13(19)20-8-12(18)16-11-6-5-9(14)7-10(11)15/h5-7H,3-4,8H2,1-2H3,(H,16,18). The first kappa shape index (κ1) is 16.8. The molecule has 110 valence electrons. The van der Waals surface area contributed by atoms with E-state index in [0.717, 1.165) is 25.2 Å². The van der Waals surface area contributed by atoms with Crippen molar-refractivity contribution in [3.05, 3.63) is 29.8 Å². The Morgan fingerprint density at radius 2 is 2.00 bits per heavy atom. The average Bonchev–Trinajstić information content (AvgIpc) is 2.41. The van der Waals surface area contributed by atoms with Crippen molar-refractivity contribution in [3.8, 4) is 0 Å². The predicted octanol–water partition coefficient (Wildman–Crippen LogP) is 3.26. The molecule has 0 saturated carbocycles. The predicted molar refractivity (Wildman–Crippen MR) is 83.0 cm³/mol. The molecule has 1 rings (SSSR count). The van der Waals surface area contributed by atoms with Crippen LogP contribution in [0.5, 0.6) is 0 Å². The molecule has 20 heavy (non-hydrogen) atoms. The third-order valence-electron chi connectivity index (χ3n) is 2.55. The highest BCUT2D eigenvalue weighted by Crippen LogP contribution is 2.16. The molecule has 0 aliphatic heterocycles. The summed E-state index contributed by atoms with van der Waals surface area (Å²) in [7, 11) is 0. The molecular weight excluding hydrogens is 302 g/mol. The number of carbonyl (C=O) groups excluding carboxylic acids is 1. The number of halogens is 2. The van der Waals surface area contributed by atoms with E-state index < -0.39 is 11.6 Å². The smallest absolute Gasteiger partial charge is 0.234 e. The molecule has 0 spiro atoms. The van der Waals surface area contributed by atoms with Crippen LogP contribution in [0.1, 0.15) is 13.8 Å². The van der Waals surface area contributed by atoms with Gasteiger partial charge in [-0.05, 0) is 26.0 Å². The first-order chi connectivity index (χ1) is 9.47. The third-order valence-corrected chi connectivity index (χ3v) is 4.08. The quantitative estimate of drug-likeness (QED) is 0.845. The summed E-state index contributed by atoms with van der Waals surface area (Å²) in [5.41, 5.74) is -0.0363. The minimum Gasteiger partial charge on any atom is -0.358 e. The Bertz CT molecular complexity index is 493. The van der Waals surface area contributed by atoms with Crippen LogP contribution in [0.25, 0.3) is 0 Å². The molecule has 0 bridgehead atoms. The monoisotopic (exact) mass is 318 g/mol. The zero-order chi connectivity index (χ0) is 15.1. The summed E-state index contributed by atoms with van der Waals surface area (Å²) in [5.74, 6) is -1.77. The van der Waals surface area contributed by atoms with Crippen LogP contribution in [-0.2, 0) is 4.79 Å². The van der Waals surface area contributed by atoms with Gasteiger partial charge in [-0.15, -0.1) is 0 Å². The van der Waals surface area contributed by atoms with Crippen molar-refractivity contribution in [1.29, 1.82) is 0 Å². The molecule has 3 nitrogen and oxygen atoms in total. The van der Waals surface area contributed by atoms with Gasteiger partial charge >= 0.3 is 0 Å². The summed E-state index contributed by atoms with van der Waals surface area (Å²) in [4.78, 5) is 13.6. The van der Waals surface area contributed by atoms with Gasteiger partial charge in [0.15, 0.2) is 0 Å². The van der Waals surface area contributed by atoms with E-state index in [4.69, 9.17) is 12.2 Å². The summed E-state index contributed by atoms with van der Waals surface area (Å²) in [6.07, 6.45) is 0. The molecule has 0 unspecified atom stereocenters. The maximum Gasteiger partial charge on any atom is 0.234 e. The van der Waals surface area contributed by atoms with E-state index in [1.54, 1.807) is 0 Å². The Morgan fingerprint density at radius 1 is 1.35 bits per heavy atom. The van der Waals surface area contributed by atoms with Crippen molar-refractivity contribution in [2.45, 2.75) is 13.8 Å². The minimum absolute atomic E-state index is 0.0363. The van der Waals surface area contributed by atoms with Gasteiger partial charge in [0.25, 0.3) is 0 Å². The fourth-order valence-corrected chi connectivity index (χ4v) is 2.68. The van der Waals surface area contributed by atoms with E-state index in [0.29, 0.717) is 4.32 Å². The normalized spacial score (nSPS) is 10.2. The van der Waals surface area contributed by atoms with Crippen LogP contribution < -0.4 is 5.32 Å². The van der Waals surface area contributed by atoms with Gasteiger partial charge in [0, 0.05) is 19.2 Å². The van der Waals surface area contributed by atoms with Crippen LogP contribution in [0.4, 0.5) is 14.5 Å². The number of anilines is 1. The summed E-state index contributed by atoms with van der Waals surface area (Å²) in [6.45, 7) is 5.50. The molecule has 0 radical (unpaired) electrons. The van der Waals surface area contributed by atoms with E-state index >= 15 is 0 Å². The molecule has 1 amide bonds. The fourth-order valence-electron chi connectivity index (χ4n) is 1.48. The zero-order valence-electron chi connectivity index (χ0n) is 11.3. The fraction of sp³-hybridized carbons (Fsp3) is 0.385. The third kappa shape index (κ3) is 5.05. The van der Waals surface area contributed by atoms with E-state index in [-0.39, 0.29) is 17.3 Å². The maximum absolute atomic E-state index is 13.4. The lowest BCUT2D eigenvalue weighted by Crippen LogP contribution is -2.28. The Balaban J connectivity index is 2.50. The second kappa shape index (κ2) is 8.16. The number of nitrogens with one attached hydrogen (secondary N) is 1. The van der Waals surface area contributed by atoms with Crippen molar-refractivity contribution in [2.75, 3.05) is 24.2 Å². The van der Waals surface area contributed by atoms with Gasteiger partial charge in [0.1, 0.15) is 16.0 Å². The van der Waals surface area contributed by atoms with Gasteiger partial charge in [-0.3, -0.25) is 4.79 Å². The Hall–Kier alpha value is -1.21. The van der Waals surface area contributed by atoms with Crippen LogP contribution in [0.3, 0.4) is 0 Å². The summed E-state index contributed by atoms with van der Waals surface area (Å²) in [5, 5.41) is 2.39. The van der Waals surface area contributed by atoms with Gasteiger partial charge in [-0.25, -0.2) is 8.78 Å². The molecule has 0 fully saturated rings. The van der Waals surface area contributed by atoms with Gasteiger partial charge in [0.2, 0.25) is 5.91 Å². The highest BCUT2D eigenvalue weighted by Gasteiger charge is 2.11. The lowest BCUT2D eigenvalue weighted by Gasteiger charge is -2.20. The largest absolute Gasteiger partial charge is 0.358 e. The van der Waals surface area contributed by atoms with E-state index in [2.05, 4.69) is 5.32 Å². The number of carbonyl (C=O) groups is 1. The molecule has 1 N–H and O–H groups in total.